The van der Waals surface area contributed by atoms with Crippen LogP contribution in [0.4, 0.5) is 11.4 Å². The second-order valence-electron chi connectivity index (χ2n) is 7.26. The Morgan fingerprint density at radius 2 is 2.00 bits per heavy atom. The maximum atomic E-state index is 13.1. The molecule has 0 radical (unpaired) electrons. The van der Waals surface area contributed by atoms with Crippen molar-refractivity contribution in [1.29, 1.82) is 0 Å². The second-order valence-corrected chi connectivity index (χ2v) is 7.26. The number of anilines is 2. The van der Waals surface area contributed by atoms with Crippen LogP contribution < -0.4 is 10.2 Å². The van der Waals surface area contributed by atoms with Gasteiger partial charge in [-0.3, -0.25) is 19.3 Å². The van der Waals surface area contributed by atoms with Crippen LogP contribution in [0.15, 0.2) is 36.4 Å². The number of rotatable bonds is 3. The van der Waals surface area contributed by atoms with Crippen LogP contribution in [0.2, 0.25) is 0 Å². The minimum Gasteiger partial charge on any atom is -0.452 e. The van der Waals surface area contributed by atoms with E-state index >= 15 is 0 Å². The van der Waals surface area contributed by atoms with Gasteiger partial charge < -0.3 is 10.1 Å². The number of carbonyl (C=O) groups excluding carboxylic acids is 3. The number of para-hydroxylation sites is 2. The zero-order valence-corrected chi connectivity index (χ0v) is 15.3. The topological polar surface area (TPSA) is 75.7 Å². The van der Waals surface area contributed by atoms with Crippen molar-refractivity contribution < 1.29 is 19.1 Å². The number of fused-ring (bicyclic) bond motifs is 1. The Labute approximate surface area is 153 Å². The molecule has 2 amide bonds. The summed E-state index contributed by atoms with van der Waals surface area (Å²) in [7, 11) is 0. The van der Waals surface area contributed by atoms with Gasteiger partial charge in [-0.2, -0.15) is 0 Å². The van der Waals surface area contributed by atoms with Crippen LogP contribution >= 0.6 is 0 Å². The summed E-state index contributed by atoms with van der Waals surface area (Å²) in [6, 6.07) is 7.11. The van der Waals surface area contributed by atoms with E-state index in [0.29, 0.717) is 17.8 Å². The summed E-state index contributed by atoms with van der Waals surface area (Å²) >= 11 is 0. The maximum absolute atomic E-state index is 13.1. The standard InChI is InChI=1S/C20H24N2O4/c1-13(26-18(24)14-9-5-4-6-10-14)17(23)22-16-12-8-7-11-15(16)21-19(25)20(22,2)3/h4-5,7-8,11-14H,6,9-10H2,1-3H3,(H,21,25)/t13-,14+/m1/s1. The smallest absolute Gasteiger partial charge is 0.310 e. The Hall–Kier alpha value is -2.63. The highest BCUT2D eigenvalue weighted by molar-refractivity contribution is 6.15. The number of nitrogens with zero attached hydrogens (tertiary/aromatic N) is 1. The first-order chi connectivity index (χ1) is 12.3. The molecule has 1 aliphatic heterocycles. The van der Waals surface area contributed by atoms with E-state index in [2.05, 4.69) is 5.32 Å². The van der Waals surface area contributed by atoms with E-state index in [4.69, 9.17) is 4.74 Å². The molecule has 0 saturated carbocycles. The van der Waals surface area contributed by atoms with Crippen molar-refractivity contribution in [2.75, 3.05) is 10.2 Å². The first-order valence-corrected chi connectivity index (χ1v) is 8.92. The van der Waals surface area contributed by atoms with Crippen LogP contribution in [-0.2, 0) is 19.1 Å². The molecular weight excluding hydrogens is 332 g/mol. The van der Waals surface area contributed by atoms with Gasteiger partial charge >= 0.3 is 5.97 Å². The number of amides is 2. The third kappa shape index (κ3) is 3.23. The van der Waals surface area contributed by atoms with Crippen molar-refractivity contribution in [2.45, 2.75) is 51.7 Å². The lowest BCUT2D eigenvalue weighted by molar-refractivity contribution is -0.158. The molecule has 0 unspecified atom stereocenters. The van der Waals surface area contributed by atoms with Gasteiger partial charge in [0.25, 0.3) is 5.91 Å². The molecule has 3 rings (SSSR count). The molecule has 0 fully saturated rings. The van der Waals surface area contributed by atoms with Gasteiger partial charge in [0, 0.05) is 0 Å². The third-order valence-electron chi connectivity index (χ3n) is 4.97. The summed E-state index contributed by atoms with van der Waals surface area (Å²) < 4.78 is 5.45. The van der Waals surface area contributed by atoms with Crippen molar-refractivity contribution in [3.63, 3.8) is 0 Å². The number of nitrogens with one attached hydrogen (secondary N) is 1. The molecule has 0 saturated heterocycles. The van der Waals surface area contributed by atoms with Gasteiger partial charge in [-0.15, -0.1) is 0 Å². The average Bonchev–Trinajstić information content (AvgIpc) is 2.62. The molecule has 2 aliphatic rings. The van der Waals surface area contributed by atoms with E-state index in [9.17, 15) is 14.4 Å². The van der Waals surface area contributed by atoms with Crippen molar-refractivity contribution >= 4 is 29.2 Å². The fraction of sp³-hybridized carbons (Fsp3) is 0.450. The van der Waals surface area contributed by atoms with Crippen LogP contribution in [0, 0.1) is 5.92 Å². The Balaban J connectivity index is 1.82. The molecular formula is C20H24N2O4. The molecule has 2 atom stereocenters. The van der Waals surface area contributed by atoms with Gasteiger partial charge in [0.05, 0.1) is 17.3 Å². The van der Waals surface area contributed by atoms with E-state index in [1.807, 2.05) is 12.2 Å². The Bertz CT molecular complexity index is 769. The third-order valence-corrected chi connectivity index (χ3v) is 4.97. The number of ether oxygens (including phenoxy) is 1. The van der Waals surface area contributed by atoms with Gasteiger partial charge in [0.1, 0.15) is 5.54 Å². The monoisotopic (exact) mass is 356 g/mol. The molecule has 1 aliphatic carbocycles. The molecule has 1 heterocycles. The quantitative estimate of drug-likeness (QED) is 0.667. The number of allylic oxidation sites excluding steroid dienone is 2. The zero-order chi connectivity index (χ0) is 18.9. The van der Waals surface area contributed by atoms with Crippen molar-refractivity contribution in [3.8, 4) is 0 Å². The molecule has 0 bridgehead atoms. The van der Waals surface area contributed by atoms with Gasteiger partial charge in [-0.1, -0.05) is 24.3 Å². The Morgan fingerprint density at radius 1 is 1.27 bits per heavy atom. The summed E-state index contributed by atoms with van der Waals surface area (Å²) in [5, 5.41) is 2.82. The number of esters is 1. The van der Waals surface area contributed by atoms with Gasteiger partial charge in [-0.05, 0) is 52.2 Å². The number of hydrogen-bond acceptors (Lipinski definition) is 4. The van der Waals surface area contributed by atoms with E-state index in [-0.39, 0.29) is 17.8 Å². The van der Waals surface area contributed by atoms with Crippen molar-refractivity contribution in [3.05, 3.63) is 36.4 Å². The molecule has 0 spiro atoms. The van der Waals surface area contributed by atoms with E-state index in [0.717, 1.165) is 12.8 Å². The molecule has 1 aromatic rings. The van der Waals surface area contributed by atoms with E-state index in [1.165, 1.54) is 4.90 Å². The van der Waals surface area contributed by atoms with E-state index < -0.39 is 17.6 Å². The second kappa shape index (κ2) is 6.94. The molecule has 6 nitrogen and oxygen atoms in total. The molecule has 1 aromatic carbocycles. The molecule has 26 heavy (non-hydrogen) atoms. The highest BCUT2D eigenvalue weighted by Gasteiger charge is 2.45. The fourth-order valence-corrected chi connectivity index (χ4v) is 3.36. The van der Waals surface area contributed by atoms with Crippen LogP contribution in [0.25, 0.3) is 0 Å². The van der Waals surface area contributed by atoms with Gasteiger partial charge in [-0.25, -0.2) is 0 Å². The van der Waals surface area contributed by atoms with E-state index in [1.54, 1.807) is 45.0 Å². The number of hydrogen-bond donors (Lipinski definition) is 1. The number of benzene rings is 1. The minimum atomic E-state index is -1.08. The van der Waals surface area contributed by atoms with Crippen molar-refractivity contribution in [2.24, 2.45) is 5.92 Å². The van der Waals surface area contributed by atoms with Crippen LogP contribution in [0.5, 0.6) is 0 Å². The number of carbonyl (C=O) groups is 3. The minimum absolute atomic E-state index is 0.208. The Kier molecular flexibility index (Phi) is 4.85. The van der Waals surface area contributed by atoms with Gasteiger partial charge in [0.15, 0.2) is 6.10 Å². The first kappa shape index (κ1) is 18.2. The average molecular weight is 356 g/mol. The molecule has 0 aromatic heterocycles. The SMILES string of the molecule is C[C@@H](OC(=O)[C@H]1CC=CCC1)C(=O)N1c2ccccc2NC(=O)C1(C)C. The van der Waals surface area contributed by atoms with Crippen LogP contribution in [0.3, 0.4) is 0 Å². The van der Waals surface area contributed by atoms with Crippen LogP contribution in [-0.4, -0.2) is 29.4 Å². The highest BCUT2D eigenvalue weighted by atomic mass is 16.5. The summed E-state index contributed by atoms with van der Waals surface area (Å²) in [6.07, 6.45) is 5.26. The summed E-state index contributed by atoms with van der Waals surface area (Å²) in [4.78, 5) is 39.4. The Morgan fingerprint density at radius 3 is 2.69 bits per heavy atom. The lowest BCUT2D eigenvalue weighted by atomic mass is 9.94. The maximum Gasteiger partial charge on any atom is 0.310 e. The van der Waals surface area contributed by atoms with Crippen molar-refractivity contribution in [1.82, 2.24) is 0 Å². The predicted octanol–water partition coefficient (Wildman–Crippen LogP) is 3.04. The van der Waals surface area contributed by atoms with Gasteiger partial charge in [0.2, 0.25) is 5.91 Å². The normalized spacial score (nSPS) is 22.2. The highest BCUT2D eigenvalue weighted by Crippen LogP contribution is 2.37. The van der Waals surface area contributed by atoms with Crippen LogP contribution in [0.1, 0.15) is 40.0 Å². The lowest BCUT2D eigenvalue weighted by Crippen LogP contribution is -2.60. The summed E-state index contributed by atoms with van der Waals surface area (Å²) in [5.74, 6) is -1.25. The lowest BCUT2D eigenvalue weighted by Gasteiger charge is -2.42. The molecule has 6 heteroatoms. The predicted molar refractivity (Wildman–Crippen MR) is 98.7 cm³/mol. The summed E-state index contributed by atoms with van der Waals surface area (Å²) in [6.45, 7) is 4.91. The zero-order valence-electron chi connectivity index (χ0n) is 15.3. The molecule has 1 N–H and O–H groups in total. The molecule has 138 valence electrons. The fourth-order valence-electron chi connectivity index (χ4n) is 3.36. The summed E-state index contributed by atoms with van der Waals surface area (Å²) in [5.41, 5.74) is 0.0892. The first-order valence-electron chi connectivity index (χ1n) is 8.92. The largest absolute Gasteiger partial charge is 0.452 e.